The van der Waals surface area contributed by atoms with E-state index >= 15 is 0 Å². The maximum atomic E-state index is 13.2. The fourth-order valence-electron chi connectivity index (χ4n) is 4.91. The fraction of sp³-hybridized carbons (Fsp3) is 0.381. The standard InChI is InChI=1S/C21H18ClN5O2/c22-16-4-2-1-3-15(16)17-5-6-26-27(17)19(28)21-10-20(11-21,12-21)13-29-18-9-24-14(7-23)8-25-18/h1-4,6,8-9,17H,5,10-13H2. The van der Waals surface area contributed by atoms with Gasteiger partial charge in [-0.2, -0.15) is 10.4 Å². The molecule has 3 saturated carbocycles. The Bertz CT molecular complexity index is 1030. The van der Waals surface area contributed by atoms with Crippen LogP contribution in [-0.2, 0) is 4.79 Å². The van der Waals surface area contributed by atoms with E-state index in [1.807, 2.05) is 30.3 Å². The number of carbonyl (C=O) groups is 1. The van der Waals surface area contributed by atoms with E-state index in [1.165, 1.54) is 12.4 Å². The van der Waals surface area contributed by atoms with Crippen molar-refractivity contribution in [2.45, 2.75) is 31.7 Å². The Balaban J connectivity index is 1.21. The Hall–Kier alpha value is -2.98. The summed E-state index contributed by atoms with van der Waals surface area (Å²) >= 11 is 6.35. The van der Waals surface area contributed by atoms with Gasteiger partial charge in [-0.3, -0.25) is 4.79 Å². The number of hydrogen-bond acceptors (Lipinski definition) is 6. The molecule has 8 heteroatoms. The molecule has 0 saturated heterocycles. The maximum Gasteiger partial charge on any atom is 0.249 e. The van der Waals surface area contributed by atoms with E-state index in [0.29, 0.717) is 23.9 Å². The van der Waals surface area contributed by atoms with Gasteiger partial charge in [-0.25, -0.2) is 15.0 Å². The number of halogens is 1. The SMILES string of the molecule is N#Cc1cnc(OCC23CC(C(=O)N4N=CCC4c4ccccc4Cl)(C2)C3)cn1. The second kappa shape index (κ2) is 6.53. The number of ether oxygens (including phenoxy) is 1. The molecule has 4 aliphatic rings. The molecule has 2 bridgehead atoms. The molecule has 6 rings (SSSR count). The molecule has 2 heterocycles. The van der Waals surface area contributed by atoms with Crippen molar-refractivity contribution in [3.05, 3.63) is 52.9 Å². The van der Waals surface area contributed by atoms with Crippen LogP contribution in [0.5, 0.6) is 5.88 Å². The van der Waals surface area contributed by atoms with E-state index in [0.717, 1.165) is 24.8 Å². The molecule has 29 heavy (non-hydrogen) atoms. The van der Waals surface area contributed by atoms with Gasteiger partial charge in [0.05, 0.1) is 30.5 Å². The van der Waals surface area contributed by atoms with Gasteiger partial charge < -0.3 is 4.74 Å². The summed E-state index contributed by atoms with van der Waals surface area (Å²) in [5.41, 5.74) is 0.880. The predicted octanol–water partition coefficient (Wildman–Crippen LogP) is 3.51. The third-order valence-electron chi connectivity index (χ3n) is 6.17. The Morgan fingerprint density at radius 3 is 2.76 bits per heavy atom. The average molecular weight is 408 g/mol. The van der Waals surface area contributed by atoms with Crippen molar-refractivity contribution in [2.24, 2.45) is 15.9 Å². The third kappa shape index (κ3) is 2.87. The van der Waals surface area contributed by atoms with Crippen molar-refractivity contribution in [2.75, 3.05) is 6.61 Å². The van der Waals surface area contributed by atoms with E-state index < -0.39 is 0 Å². The number of nitrogens with zero attached hydrogens (tertiary/aromatic N) is 5. The summed E-state index contributed by atoms with van der Waals surface area (Å²) in [7, 11) is 0. The average Bonchev–Trinajstić information content (AvgIpc) is 3.16. The van der Waals surface area contributed by atoms with E-state index in [9.17, 15) is 4.79 Å². The quantitative estimate of drug-likeness (QED) is 0.756. The highest BCUT2D eigenvalue weighted by Gasteiger charge is 2.73. The molecule has 7 nitrogen and oxygen atoms in total. The van der Waals surface area contributed by atoms with Crippen LogP contribution in [0.2, 0.25) is 5.02 Å². The first kappa shape index (κ1) is 18.1. The van der Waals surface area contributed by atoms with Crippen LogP contribution in [-0.4, -0.2) is 33.7 Å². The van der Waals surface area contributed by atoms with Gasteiger partial charge in [0.1, 0.15) is 6.07 Å². The molecule has 0 radical (unpaired) electrons. The largest absolute Gasteiger partial charge is 0.476 e. The summed E-state index contributed by atoms with van der Waals surface area (Å²) in [5, 5.41) is 15.4. The first-order chi connectivity index (χ1) is 14.0. The summed E-state index contributed by atoms with van der Waals surface area (Å²) in [6.07, 6.45) is 7.70. The molecule has 1 amide bonds. The van der Waals surface area contributed by atoms with Gasteiger partial charge >= 0.3 is 0 Å². The van der Waals surface area contributed by atoms with Crippen molar-refractivity contribution in [3.63, 3.8) is 0 Å². The lowest BCUT2D eigenvalue weighted by Crippen LogP contribution is -2.69. The number of benzene rings is 1. The minimum absolute atomic E-state index is 0.0224. The highest BCUT2D eigenvalue weighted by atomic mass is 35.5. The highest BCUT2D eigenvalue weighted by molar-refractivity contribution is 6.31. The molecule has 0 spiro atoms. The van der Waals surface area contributed by atoms with E-state index in [4.69, 9.17) is 21.6 Å². The number of carbonyl (C=O) groups excluding carboxylic acids is 1. The van der Waals surface area contributed by atoms with Crippen LogP contribution in [0, 0.1) is 22.2 Å². The zero-order valence-electron chi connectivity index (χ0n) is 15.6. The smallest absolute Gasteiger partial charge is 0.249 e. The van der Waals surface area contributed by atoms with E-state index in [1.54, 1.807) is 11.2 Å². The molecule has 3 aliphatic carbocycles. The van der Waals surface area contributed by atoms with Crippen LogP contribution in [0.4, 0.5) is 0 Å². The first-order valence-electron chi connectivity index (χ1n) is 9.50. The Kier molecular flexibility index (Phi) is 4.07. The van der Waals surface area contributed by atoms with Crippen molar-refractivity contribution in [1.82, 2.24) is 15.0 Å². The third-order valence-corrected chi connectivity index (χ3v) is 6.51. The lowest BCUT2D eigenvalue weighted by atomic mass is 9.35. The van der Waals surface area contributed by atoms with Crippen molar-refractivity contribution in [3.8, 4) is 11.9 Å². The summed E-state index contributed by atoms with van der Waals surface area (Å²) in [5.74, 6) is 0.480. The molecule has 1 unspecified atom stereocenters. The van der Waals surface area contributed by atoms with E-state index in [2.05, 4.69) is 15.1 Å². The van der Waals surface area contributed by atoms with Crippen LogP contribution >= 0.6 is 11.6 Å². The normalized spacial score (nSPS) is 29.0. The zero-order valence-corrected chi connectivity index (χ0v) is 16.3. The summed E-state index contributed by atoms with van der Waals surface area (Å²) in [6, 6.07) is 9.41. The van der Waals surface area contributed by atoms with Gasteiger partial charge in [0.25, 0.3) is 0 Å². The van der Waals surface area contributed by atoms with Crippen LogP contribution in [0.1, 0.15) is 43.0 Å². The van der Waals surface area contributed by atoms with Gasteiger partial charge in [0.2, 0.25) is 11.8 Å². The number of hydrazone groups is 1. The number of nitriles is 1. The molecular weight excluding hydrogens is 390 g/mol. The van der Waals surface area contributed by atoms with Crippen LogP contribution in [0.15, 0.2) is 41.8 Å². The number of aromatic nitrogens is 2. The molecule has 1 aromatic carbocycles. The predicted molar refractivity (Wildman–Crippen MR) is 105 cm³/mol. The maximum absolute atomic E-state index is 13.2. The summed E-state index contributed by atoms with van der Waals surface area (Å²) in [6.45, 7) is 0.500. The molecule has 2 aromatic rings. The molecule has 1 aromatic heterocycles. The van der Waals surface area contributed by atoms with Crippen molar-refractivity contribution in [1.29, 1.82) is 5.26 Å². The van der Waals surface area contributed by atoms with Crippen LogP contribution in [0.3, 0.4) is 0 Å². The molecular formula is C21H18ClN5O2. The Morgan fingerprint density at radius 2 is 2.07 bits per heavy atom. The number of amides is 1. The fourth-order valence-corrected chi connectivity index (χ4v) is 5.17. The monoisotopic (exact) mass is 407 g/mol. The van der Waals surface area contributed by atoms with Crippen LogP contribution < -0.4 is 4.74 Å². The first-order valence-corrected chi connectivity index (χ1v) is 9.88. The molecule has 0 N–H and O–H groups in total. The van der Waals surface area contributed by atoms with Crippen molar-refractivity contribution < 1.29 is 9.53 Å². The summed E-state index contributed by atoms with van der Waals surface area (Å²) in [4.78, 5) is 21.3. The van der Waals surface area contributed by atoms with Gasteiger partial charge in [0, 0.05) is 23.1 Å². The minimum Gasteiger partial charge on any atom is -0.476 e. The highest BCUT2D eigenvalue weighted by Crippen LogP contribution is 2.74. The van der Waals surface area contributed by atoms with Gasteiger partial charge in [-0.1, -0.05) is 29.8 Å². The van der Waals surface area contributed by atoms with Gasteiger partial charge in [0.15, 0.2) is 5.69 Å². The summed E-state index contributed by atoms with van der Waals surface area (Å²) < 4.78 is 5.75. The molecule has 1 atom stereocenters. The van der Waals surface area contributed by atoms with E-state index in [-0.39, 0.29) is 28.5 Å². The number of rotatable bonds is 5. The zero-order chi connectivity index (χ0) is 20.1. The van der Waals surface area contributed by atoms with Gasteiger partial charge in [-0.05, 0) is 30.9 Å². The topological polar surface area (TPSA) is 91.5 Å². The second-order valence-electron chi connectivity index (χ2n) is 8.17. The van der Waals surface area contributed by atoms with Crippen molar-refractivity contribution >= 4 is 23.7 Å². The Morgan fingerprint density at radius 1 is 1.28 bits per heavy atom. The van der Waals surface area contributed by atoms with Gasteiger partial charge in [-0.15, -0.1) is 0 Å². The molecule has 1 aliphatic heterocycles. The van der Waals surface area contributed by atoms with Crippen LogP contribution in [0.25, 0.3) is 0 Å². The Labute approximate surface area is 173 Å². The number of hydrogen-bond donors (Lipinski definition) is 0. The lowest BCUT2D eigenvalue weighted by Gasteiger charge is -2.69. The molecule has 3 fully saturated rings. The minimum atomic E-state index is -0.332. The molecule has 146 valence electrons. The lowest BCUT2D eigenvalue weighted by molar-refractivity contribution is -0.227. The second-order valence-corrected chi connectivity index (χ2v) is 8.58.